The Kier molecular flexibility index (Phi) is 16.2. The van der Waals surface area contributed by atoms with Crippen molar-refractivity contribution in [1.82, 2.24) is 0 Å². The van der Waals surface area contributed by atoms with Gasteiger partial charge < -0.3 is 29.5 Å². The number of carboxylic acid groups (broad SMARTS) is 2. The normalized spacial score (nSPS) is 28.6. The number of carbonyl (C=O) groups excluding carboxylic acids is 1. The summed E-state index contributed by atoms with van der Waals surface area (Å²) in [6.07, 6.45) is 17.8. The Morgan fingerprint density at radius 2 is 1.74 bits per heavy atom. The Morgan fingerprint density at radius 3 is 2.39 bits per heavy atom. The maximum atomic E-state index is 12.9. The largest absolute Gasteiger partial charge is 0.481 e. The van der Waals surface area contributed by atoms with Crippen LogP contribution in [-0.2, 0) is 28.6 Å². The molecule has 0 radical (unpaired) electrons. The lowest BCUT2D eigenvalue weighted by Crippen LogP contribution is -2.59. The number of unbranched alkanes of at least 4 members (excludes halogenated alkanes) is 3. The van der Waals surface area contributed by atoms with Crippen molar-refractivity contribution in [2.45, 2.75) is 141 Å². The SMILES string of the molecule is C=C(C)/C=C/[C@@H]1O[C@@]2(CC[C@H](C)[C@@H](C/C=C(C)/C=C/[C@H](O)[C@@H](C)/C=C/C(=O)O)O2)CC[C@@]1(CCCCCC)OC(=O)CCC(=O)O. The number of hydrogen-bond acceptors (Lipinski definition) is 7. The summed E-state index contributed by atoms with van der Waals surface area (Å²) >= 11 is 0. The average molecular weight is 645 g/mol. The van der Waals surface area contributed by atoms with Gasteiger partial charge >= 0.3 is 17.9 Å². The molecule has 0 saturated carbocycles. The Balaban J connectivity index is 2.25. The lowest BCUT2D eigenvalue weighted by Gasteiger charge is -2.53. The number of aliphatic hydroxyl groups excluding tert-OH is 1. The molecular formula is C37H56O9. The number of aliphatic carboxylic acids is 2. The van der Waals surface area contributed by atoms with Crippen molar-refractivity contribution < 1.29 is 43.9 Å². The van der Waals surface area contributed by atoms with Crippen molar-refractivity contribution in [2.75, 3.05) is 0 Å². The van der Waals surface area contributed by atoms with Crippen LogP contribution in [0.1, 0.15) is 112 Å². The fourth-order valence-electron chi connectivity index (χ4n) is 5.95. The van der Waals surface area contributed by atoms with Crippen LogP contribution in [0.3, 0.4) is 0 Å². The molecule has 46 heavy (non-hydrogen) atoms. The monoisotopic (exact) mass is 644 g/mol. The van der Waals surface area contributed by atoms with E-state index < -0.39 is 41.5 Å². The van der Waals surface area contributed by atoms with Crippen molar-refractivity contribution >= 4 is 17.9 Å². The molecule has 0 bridgehead atoms. The number of carboxylic acids is 2. The third-order valence-electron chi connectivity index (χ3n) is 8.95. The zero-order valence-corrected chi connectivity index (χ0v) is 28.4. The van der Waals surface area contributed by atoms with Crippen molar-refractivity contribution in [3.63, 3.8) is 0 Å². The number of rotatable bonds is 18. The molecule has 0 aliphatic carbocycles. The average Bonchev–Trinajstić information content (AvgIpc) is 3.00. The molecule has 2 saturated heterocycles. The summed E-state index contributed by atoms with van der Waals surface area (Å²) in [7, 11) is 0. The third-order valence-corrected chi connectivity index (χ3v) is 8.95. The predicted octanol–water partition coefficient (Wildman–Crippen LogP) is 7.46. The first-order valence-electron chi connectivity index (χ1n) is 16.8. The Morgan fingerprint density at radius 1 is 1.00 bits per heavy atom. The van der Waals surface area contributed by atoms with Gasteiger partial charge in [0.15, 0.2) is 5.79 Å². The molecule has 0 aromatic carbocycles. The van der Waals surface area contributed by atoms with Gasteiger partial charge in [0.1, 0.15) is 11.7 Å². The van der Waals surface area contributed by atoms with Gasteiger partial charge in [-0.15, -0.1) is 0 Å². The summed E-state index contributed by atoms with van der Waals surface area (Å²) in [4.78, 5) is 34.8. The zero-order chi connectivity index (χ0) is 34.3. The maximum absolute atomic E-state index is 12.9. The van der Waals surface area contributed by atoms with Gasteiger partial charge in [-0.25, -0.2) is 4.79 Å². The molecule has 3 N–H and O–H groups in total. The summed E-state index contributed by atoms with van der Waals surface area (Å²) in [5.74, 6) is -3.52. The van der Waals surface area contributed by atoms with Crippen LogP contribution < -0.4 is 0 Å². The third kappa shape index (κ3) is 13.0. The van der Waals surface area contributed by atoms with E-state index in [0.717, 1.165) is 49.3 Å². The van der Waals surface area contributed by atoms with Crippen LogP contribution in [0.4, 0.5) is 0 Å². The van der Waals surface area contributed by atoms with Crippen molar-refractivity contribution in [1.29, 1.82) is 0 Å². The summed E-state index contributed by atoms with van der Waals surface area (Å²) < 4.78 is 19.8. The first kappa shape index (κ1) is 39.2. The highest BCUT2D eigenvalue weighted by atomic mass is 16.7. The Bertz CT molecular complexity index is 1150. The van der Waals surface area contributed by atoms with Gasteiger partial charge in [-0.05, 0) is 51.9 Å². The highest BCUT2D eigenvalue weighted by Gasteiger charge is 2.54. The first-order valence-corrected chi connectivity index (χ1v) is 16.8. The number of carbonyl (C=O) groups is 3. The Hall–Kier alpha value is -3.01. The van der Waals surface area contributed by atoms with Gasteiger partial charge in [0, 0.05) is 24.8 Å². The molecule has 2 heterocycles. The summed E-state index contributed by atoms with van der Waals surface area (Å²) in [6.45, 7) is 13.9. The van der Waals surface area contributed by atoms with E-state index in [2.05, 4.69) is 26.5 Å². The standard InChI is InChI=1S/C37H56O9/c1-7-8-9-10-22-36(46-35(43)20-19-34(41)42)24-25-37(45-32(36)17-11-26(2)3)23-21-29(6)31(44-37)16-13-27(4)12-15-30(38)28(5)14-18-33(39)40/h11-15,17-18,28-32,38H,2,7-10,16,19-25H2,1,3-6H3,(H,39,40)(H,41,42)/b15-12+,17-11+,18-14+,27-13+/t28-,29-,30-,31+,32-,36+,37-/m0/s1. The van der Waals surface area contributed by atoms with Gasteiger partial charge in [-0.2, -0.15) is 0 Å². The van der Waals surface area contributed by atoms with Gasteiger partial charge in [-0.1, -0.05) is 94.2 Å². The molecule has 0 aromatic rings. The summed E-state index contributed by atoms with van der Waals surface area (Å²) in [5, 5.41) is 28.3. The minimum atomic E-state index is -1.05. The molecule has 9 nitrogen and oxygen atoms in total. The van der Waals surface area contributed by atoms with Crippen LogP contribution in [-0.4, -0.2) is 62.9 Å². The molecule has 0 aromatic heterocycles. The van der Waals surface area contributed by atoms with Gasteiger partial charge in [-0.3, -0.25) is 9.59 Å². The van der Waals surface area contributed by atoms with E-state index in [4.69, 9.17) is 24.4 Å². The lowest BCUT2D eigenvalue weighted by atomic mass is 9.78. The number of aliphatic hydroxyl groups is 1. The van der Waals surface area contributed by atoms with Crippen molar-refractivity contribution in [3.05, 3.63) is 60.3 Å². The van der Waals surface area contributed by atoms with Crippen LogP contribution in [0.25, 0.3) is 0 Å². The number of allylic oxidation sites excluding steroid dienone is 4. The lowest BCUT2D eigenvalue weighted by molar-refractivity contribution is -0.344. The van der Waals surface area contributed by atoms with E-state index >= 15 is 0 Å². The van der Waals surface area contributed by atoms with E-state index in [-0.39, 0.29) is 30.8 Å². The number of ether oxygens (including phenoxy) is 3. The van der Waals surface area contributed by atoms with E-state index in [9.17, 15) is 19.5 Å². The molecule has 2 rings (SSSR count). The van der Waals surface area contributed by atoms with Crippen molar-refractivity contribution in [2.24, 2.45) is 11.8 Å². The van der Waals surface area contributed by atoms with Crippen LogP contribution in [0.15, 0.2) is 60.3 Å². The highest BCUT2D eigenvalue weighted by Crippen LogP contribution is 2.48. The predicted molar refractivity (Wildman–Crippen MR) is 178 cm³/mol. The van der Waals surface area contributed by atoms with E-state index in [1.165, 1.54) is 6.08 Å². The molecule has 2 aliphatic heterocycles. The fraction of sp³-hybridized carbons (Fsp3) is 0.649. The molecule has 1 spiro atoms. The van der Waals surface area contributed by atoms with E-state index in [1.807, 2.05) is 32.1 Å². The summed E-state index contributed by atoms with van der Waals surface area (Å²) in [5.41, 5.74) is 0.860. The second-order valence-corrected chi connectivity index (χ2v) is 13.2. The Labute approximate surface area is 275 Å². The molecule has 2 fully saturated rings. The van der Waals surface area contributed by atoms with Crippen LogP contribution in [0.2, 0.25) is 0 Å². The number of hydrogen-bond donors (Lipinski definition) is 3. The molecule has 0 amide bonds. The van der Waals surface area contributed by atoms with Crippen LogP contribution in [0.5, 0.6) is 0 Å². The van der Waals surface area contributed by atoms with Crippen LogP contribution in [0, 0.1) is 11.8 Å². The topological polar surface area (TPSA) is 140 Å². The minimum absolute atomic E-state index is 0.111. The molecule has 0 unspecified atom stereocenters. The summed E-state index contributed by atoms with van der Waals surface area (Å²) in [6, 6.07) is 0. The second kappa shape index (κ2) is 19.0. The van der Waals surface area contributed by atoms with Gasteiger partial charge in [0.2, 0.25) is 0 Å². The maximum Gasteiger partial charge on any atom is 0.327 e. The van der Waals surface area contributed by atoms with E-state index in [1.54, 1.807) is 13.0 Å². The number of esters is 1. The first-order chi connectivity index (χ1) is 21.7. The van der Waals surface area contributed by atoms with Gasteiger partial charge in [0.25, 0.3) is 0 Å². The van der Waals surface area contributed by atoms with Gasteiger partial charge in [0.05, 0.1) is 25.0 Å². The minimum Gasteiger partial charge on any atom is -0.481 e. The molecule has 2 aliphatic rings. The van der Waals surface area contributed by atoms with Crippen LogP contribution >= 0.6 is 0 Å². The molecule has 7 atom stereocenters. The van der Waals surface area contributed by atoms with E-state index in [0.29, 0.717) is 32.1 Å². The van der Waals surface area contributed by atoms with Crippen molar-refractivity contribution in [3.8, 4) is 0 Å². The smallest absolute Gasteiger partial charge is 0.327 e. The molecular weight excluding hydrogens is 588 g/mol. The fourth-order valence-corrected chi connectivity index (χ4v) is 5.95. The quantitative estimate of drug-likeness (QED) is 0.0600. The molecule has 258 valence electrons. The molecule has 9 heteroatoms. The highest BCUT2D eigenvalue weighted by molar-refractivity contribution is 5.79. The zero-order valence-electron chi connectivity index (χ0n) is 28.4. The second-order valence-electron chi connectivity index (χ2n) is 13.2.